The highest BCUT2D eigenvalue weighted by Gasteiger charge is 2.15. The number of nitrogens with one attached hydrogen (secondary N) is 2. The Hall–Kier alpha value is -3.59. The number of allylic oxidation sites excluding steroid dienone is 1. The van der Waals surface area contributed by atoms with Crippen molar-refractivity contribution >= 4 is 23.3 Å². The van der Waals surface area contributed by atoms with Gasteiger partial charge in [0.25, 0.3) is 0 Å². The van der Waals surface area contributed by atoms with Crippen molar-refractivity contribution in [2.45, 2.75) is 6.92 Å². The molecular formula is C18H15N3O3. The number of para-hydroxylation sites is 1. The van der Waals surface area contributed by atoms with Crippen molar-refractivity contribution in [3.63, 3.8) is 0 Å². The molecule has 6 nitrogen and oxygen atoms in total. The first-order chi connectivity index (χ1) is 11.6. The summed E-state index contributed by atoms with van der Waals surface area (Å²) < 4.78 is 5.33. The lowest BCUT2D eigenvalue weighted by atomic mass is 10.1. The highest BCUT2D eigenvalue weighted by atomic mass is 16.5. The van der Waals surface area contributed by atoms with Crippen LogP contribution in [-0.2, 0) is 4.79 Å². The van der Waals surface area contributed by atoms with Gasteiger partial charge in [-0.15, -0.1) is 0 Å². The second kappa shape index (κ2) is 8.15. The molecule has 6 heteroatoms. The molecule has 1 amide bonds. The van der Waals surface area contributed by atoms with Crippen LogP contribution < -0.4 is 15.4 Å². The van der Waals surface area contributed by atoms with Crippen LogP contribution in [0.5, 0.6) is 5.75 Å². The zero-order valence-corrected chi connectivity index (χ0v) is 12.9. The number of nitriles is 1. The minimum absolute atomic E-state index is 0.229. The van der Waals surface area contributed by atoms with Gasteiger partial charge in [0, 0.05) is 24.9 Å². The number of ether oxygens (including phenoxy) is 1. The third kappa shape index (κ3) is 4.71. The van der Waals surface area contributed by atoms with E-state index in [0.717, 1.165) is 0 Å². The molecule has 0 aromatic heterocycles. The Bertz CT molecular complexity index is 808. The molecule has 0 unspecified atom stereocenters. The van der Waals surface area contributed by atoms with E-state index in [1.165, 1.54) is 25.3 Å². The maximum atomic E-state index is 12.4. The fourth-order valence-electron chi connectivity index (χ4n) is 1.94. The first-order valence-corrected chi connectivity index (χ1v) is 7.10. The van der Waals surface area contributed by atoms with Crippen LogP contribution in [0.25, 0.3) is 0 Å². The normalized spacial score (nSPS) is 10.0. The SMILES string of the molecule is CC(=O)Nc1ccc(N/C=C/C#N)c(C(=O)Oc2ccccc2)c1. The van der Waals surface area contributed by atoms with Gasteiger partial charge in [-0.05, 0) is 30.3 Å². The number of nitrogens with zero attached hydrogens (tertiary/aromatic N) is 1. The fraction of sp³-hybridized carbons (Fsp3) is 0.0556. The summed E-state index contributed by atoms with van der Waals surface area (Å²) in [4.78, 5) is 23.6. The van der Waals surface area contributed by atoms with Gasteiger partial charge >= 0.3 is 5.97 Å². The molecule has 0 fully saturated rings. The van der Waals surface area contributed by atoms with Crippen LogP contribution in [0, 0.1) is 11.3 Å². The first kappa shape index (κ1) is 16.8. The number of anilines is 2. The van der Waals surface area contributed by atoms with E-state index in [1.807, 2.05) is 12.1 Å². The van der Waals surface area contributed by atoms with Crippen LogP contribution in [0.2, 0.25) is 0 Å². The molecule has 2 rings (SSSR count). The van der Waals surface area contributed by atoms with Crippen molar-refractivity contribution in [3.05, 3.63) is 66.4 Å². The largest absolute Gasteiger partial charge is 0.423 e. The number of rotatable bonds is 5. The van der Waals surface area contributed by atoms with Crippen LogP contribution in [0.1, 0.15) is 17.3 Å². The predicted molar refractivity (Wildman–Crippen MR) is 90.5 cm³/mol. The third-order valence-corrected chi connectivity index (χ3v) is 2.91. The Morgan fingerprint density at radius 3 is 2.58 bits per heavy atom. The second-order valence-electron chi connectivity index (χ2n) is 4.75. The lowest BCUT2D eigenvalue weighted by Gasteiger charge is -2.11. The number of carbonyl (C=O) groups is 2. The third-order valence-electron chi connectivity index (χ3n) is 2.91. The van der Waals surface area contributed by atoms with Crippen molar-refractivity contribution < 1.29 is 14.3 Å². The molecular weight excluding hydrogens is 306 g/mol. The highest BCUT2D eigenvalue weighted by Crippen LogP contribution is 2.23. The molecule has 0 spiro atoms. The molecule has 0 bridgehead atoms. The quantitative estimate of drug-likeness (QED) is 0.501. The van der Waals surface area contributed by atoms with Crippen LogP contribution >= 0.6 is 0 Å². The Kier molecular flexibility index (Phi) is 5.70. The molecule has 24 heavy (non-hydrogen) atoms. The average Bonchev–Trinajstić information content (AvgIpc) is 2.56. The molecule has 0 aliphatic rings. The van der Waals surface area contributed by atoms with E-state index in [-0.39, 0.29) is 11.5 Å². The van der Waals surface area contributed by atoms with Gasteiger partial charge < -0.3 is 15.4 Å². The van der Waals surface area contributed by atoms with E-state index in [1.54, 1.807) is 36.4 Å². The van der Waals surface area contributed by atoms with Crippen LogP contribution in [0.3, 0.4) is 0 Å². The summed E-state index contributed by atoms with van der Waals surface area (Å²) in [7, 11) is 0. The Balaban J connectivity index is 2.31. The maximum Gasteiger partial charge on any atom is 0.345 e. The minimum atomic E-state index is -0.582. The van der Waals surface area contributed by atoms with Gasteiger partial charge in [0.05, 0.1) is 17.3 Å². The van der Waals surface area contributed by atoms with Crippen LogP contribution in [0.4, 0.5) is 11.4 Å². The zero-order chi connectivity index (χ0) is 17.4. The smallest absolute Gasteiger partial charge is 0.345 e. The van der Waals surface area contributed by atoms with E-state index in [9.17, 15) is 9.59 Å². The van der Waals surface area contributed by atoms with Crippen LogP contribution in [0.15, 0.2) is 60.8 Å². The Morgan fingerprint density at radius 1 is 1.17 bits per heavy atom. The topological polar surface area (TPSA) is 91.2 Å². The minimum Gasteiger partial charge on any atom is -0.423 e. The highest BCUT2D eigenvalue weighted by molar-refractivity contribution is 5.99. The van der Waals surface area contributed by atoms with Crippen molar-refractivity contribution in [1.82, 2.24) is 0 Å². The van der Waals surface area contributed by atoms with E-state index >= 15 is 0 Å². The summed E-state index contributed by atoms with van der Waals surface area (Å²) in [5.41, 5.74) is 1.15. The van der Waals surface area contributed by atoms with Crippen molar-refractivity contribution in [2.24, 2.45) is 0 Å². The number of carbonyl (C=O) groups excluding carboxylic acids is 2. The summed E-state index contributed by atoms with van der Waals surface area (Å²) in [5, 5.41) is 14.0. The fourth-order valence-corrected chi connectivity index (χ4v) is 1.94. The average molecular weight is 321 g/mol. The van der Waals surface area contributed by atoms with Crippen molar-refractivity contribution in [3.8, 4) is 11.8 Å². The summed E-state index contributed by atoms with van der Waals surface area (Å²) in [5.74, 6) is -0.422. The summed E-state index contributed by atoms with van der Waals surface area (Å²) in [6, 6.07) is 15.3. The Labute approximate surface area is 139 Å². The van der Waals surface area contributed by atoms with Gasteiger partial charge in [0.15, 0.2) is 0 Å². The molecule has 2 aromatic rings. The van der Waals surface area contributed by atoms with Crippen molar-refractivity contribution in [2.75, 3.05) is 10.6 Å². The monoisotopic (exact) mass is 321 g/mol. The van der Waals surface area contributed by atoms with Crippen molar-refractivity contribution in [1.29, 1.82) is 5.26 Å². The first-order valence-electron chi connectivity index (χ1n) is 7.10. The van der Waals surface area contributed by atoms with Gasteiger partial charge in [-0.1, -0.05) is 18.2 Å². The number of esters is 1. The van der Waals surface area contributed by atoms with Crippen LogP contribution in [-0.4, -0.2) is 11.9 Å². The number of hydrogen-bond donors (Lipinski definition) is 2. The standard InChI is InChI=1S/C18H15N3O3/c1-13(22)21-14-8-9-17(20-11-5-10-19)16(12-14)18(23)24-15-6-3-2-4-7-15/h2-9,11-12,20H,1H3,(H,21,22)/b11-5+. The molecule has 0 heterocycles. The predicted octanol–water partition coefficient (Wildman–Crippen LogP) is 3.31. The summed E-state index contributed by atoms with van der Waals surface area (Å²) >= 11 is 0. The summed E-state index contributed by atoms with van der Waals surface area (Å²) in [6.07, 6.45) is 2.65. The number of hydrogen-bond acceptors (Lipinski definition) is 5. The number of amides is 1. The van der Waals surface area contributed by atoms with E-state index in [0.29, 0.717) is 17.1 Å². The molecule has 0 aliphatic carbocycles. The van der Waals surface area contributed by atoms with E-state index in [2.05, 4.69) is 10.6 Å². The van der Waals surface area contributed by atoms with Gasteiger partial charge in [-0.2, -0.15) is 5.26 Å². The molecule has 0 aliphatic heterocycles. The van der Waals surface area contributed by atoms with E-state index in [4.69, 9.17) is 10.00 Å². The maximum absolute atomic E-state index is 12.4. The Morgan fingerprint density at radius 2 is 1.92 bits per heavy atom. The molecule has 120 valence electrons. The summed E-state index contributed by atoms with van der Waals surface area (Å²) in [6.45, 7) is 1.38. The zero-order valence-electron chi connectivity index (χ0n) is 12.9. The van der Waals surface area contributed by atoms with Gasteiger partial charge in [0.2, 0.25) is 5.91 Å². The molecule has 2 aromatic carbocycles. The second-order valence-corrected chi connectivity index (χ2v) is 4.75. The molecule has 0 radical (unpaired) electrons. The molecule has 0 atom stereocenters. The lowest BCUT2D eigenvalue weighted by Crippen LogP contribution is -2.13. The molecule has 2 N–H and O–H groups in total. The van der Waals surface area contributed by atoms with E-state index < -0.39 is 5.97 Å². The lowest BCUT2D eigenvalue weighted by molar-refractivity contribution is -0.114. The van der Waals surface area contributed by atoms with Gasteiger partial charge in [-0.25, -0.2) is 4.79 Å². The molecule has 0 saturated heterocycles. The number of benzene rings is 2. The molecule has 0 saturated carbocycles. The van der Waals surface area contributed by atoms with Gasteiger partial charge in [-0.3, -0.25) is 4.79 Å². The van der Waals surface area contributed by atoms with Gasteiger partial charge in [0.1, 0.15) is 5.75 Å².